The Hall–Kier alpha value is 0.742. The number of hydrogen-bond donors (Lipinski definition) is 1. The summed E-state index contributed by atoms with van der Waals surface area (Å²) in [5.74, 6) is 0. The first kappa shape index (κ1) is 10.7. The lowest BCUT2D eigenvalue weighted by Crippen LogP contribution is -2.00. The minimum Gasteiger partial charge on any atom is -0.305 e. The minimum absolute atomic E-state index is 0.861. The van der Waals surface area contributed by atoms with Gasteiger partial charge in [0.15, 0.2) is 0 Å². The highest BCUT2D eigenvalue weighted by Gasteiger charge is 1.45. The molecule has 0 aromatic heterocycles. The lowest BCUT2D eigenvalue weighted by Gasteiger charge is -1.80. The summed E-state index contributed by atoms with van der Waals surface area (Å²) >= 11 is 6.19. The van der Waals surface area contributed by atoms with Crippen LogP contribution >= 0.6 is 11.6 Å². The summed E-state index contributed by atoms with van der Waals surface area (Å²) in [4.78, 5) is 4.29. The fourth-order valence-corrected chi connectivity index (χ4v) is 0. The number of alkyl halides is 1. The van der Waals surface area contributed by atoms with E-state index in [1.165, 1.54) is 0 Å². The molecule has 0 heterocycles. The average molecular weight is 140 g/mol. The van der Waals surface area contributed by atoms with Gasteiger partial charge in [-0.25, -0.2) is 5.48 Å². The third-order valence-corrected chi connectivity index (χ3v) is 0.204. The second-order valence-electron chi connectivity index (χ2n) is 0.676. The van der Waals surface area contributed by atoms with Gasteiger partial charge in [0.2, 0.25) is 16.3 Å². The van der Waals surface area contributed by atoms with Crippen molar-refractivity contribution in [2.45, 2.75) is 0 Å². The van der Waals surface area contributed by atoms with E-state index in [9.17, 15) is 0 Å². The third kappa shape index (κ3) is 49.9. The molecule has 0 spiro atoms. The molecule has 0 atom stereocenters. The Morgan fingerprint density at radius 3 is 2.00 bits per heavy atom. The molecule has 0 amide bonds. The van der Waals surface area contributed by atoms with Gasteiger partial charge in [-0.05, 0) is 4.74 Å². The van der Waals surface area contributed by atoms with Crippen molar-refractivity contribution < 1.29 is 4.84 Å². The number of nitrogens with one attached hydrogen (secondary N) is 1. The minimum atomic E-state index is 0.861. The van der Waals surface area contributed by atoms with E-state index in [0.717, 1.165) is 21.0 Å². The summed E-state index contributed by atoms with van der Waals surface area (Å²) in [7, 11) is 3.28. The van der Waals surface area contributed by atoms with Crippen molar-refractivity contribution in [3.05, 3.63) is 0 Å². The van der Waals surface area contributed by atoms with Gasteiger partial charge in [0.05, 0.1) is 7.11 Å². The van der Waals surface area contributed by atoms with E-state index in [1.54, 1.807) is 14.2 Å². The van der Waals surface area contributed by atoms with Gasteiger partial charge in [0.25, 0.3) is 0 Å². The lowest BCUT2D eigenvalue weighted by atomic mass is 11.5. The van der Waals surface area contributed by atoms with E-state index in [4.69, 9.17) is 11.6 Å². The van der Waals surface area contributed by atoms with Gasteiger partial charge >= 0.3 is 0 Å². The van der Waals surface area contributed by atoms with Crippen molar-refractivity contribution in [1.29, 1.82) is 0 Å². The van der Waals surface area contributed by atoms with Crippen LogP contribution in [0, 0.1) is 0 Å². The Bertz CT molecular complexity index is 22.4. The lowest BCUT2D eigenvalue weighted by molar-refractivity contribution is 0.112. The molecule has 0 unspecified atom stereocenters. The van der Waals surface area contributed by atoms with E-state index in [2.05, 4.69) is 10.3 Å². The van der Waals surface area contributed by atoms with Gasteiger partial charge in [0, 0.05) is 7.05 Å². The predicted octanol–water partition coefficient (Wildman–Crippen LogP) is -0.417. The van der Waals surface area contributed by atoms with E-state index in [-0.39, 0.29) is 0 Å². The van der Waals surface area contributed by atoms with Crippen LogP contribution in [0.4, 0.5) is 0 Å². The summed E-state index contributed by atoms with van der Waals surface area (Å²) in [5.41, 5.74) is 2.43. The molecular weight excluding hydrogens is 128 g/mol. The molecule has 2 nitrogen and oxygen atoms in total. The molecule has 0 saturated heterocycles. The van der Waals surface area contributed by atoms with Gasteiger partial charge in [0.1, 0.15) is 0 Å². The fourth-order valence-electron chi connectivity index (χ4n) is 0. The molecule has 0 saturated carbocycles. The normalized spacial score (nSPS) is 6.71. The monoisotopic (exact) mass is 139 g/mol. The molecule has 0 aliphatic rings. The van der Waals surface area contributed by atoms with Crippen LogP contribution in [0.25, 0.3) is 0 Å². The molecule has 0 fully saturated rings. The van der Waals surface area contributed by atoms with Crippen molar-refractivity contribution in [3.8, 4) is 0 Å². The number of hydrogen-bond acceptors (Lipinski definition) is 2. The molecule has 0 rings (SSSR count). The Labute approximate surface area is 57.6 Å². The average Bonchev–Trinajstić information content (AvgIpc) is 1.69. The number of halogens is 1. The Morgan fingerprint density at radius 1 is 1.86 bits per heavy atom. The Balaban J connectivity index is 0. The predicted molar refractivity (Wildman–Crippen MR) is 35.3 cm³/mol. The number of rotatable bonds is 1. The smallest absolute Gasteiger partial charge is 0.235 e. The summed E-state index contributed by atoms with van der Waals surface area (Å²) in [6, 6.07) is 0. The Kier molecular flexibility index (Phi) is 24.2. The highest BCUT2D eigenvalue weighted by molar-refractivity contribution is 6.36. The van der Waals surface area contributed by atoms with Crippen LogP contribution in [0.15, 0.2) is 0 Å². The molecule has 0 aromatic rings. The van der Waals surface area contributed by atoms with Crippen molar-refractivity contribution in [1.82, 2.24) is 5.48 Å². The summed E-state index contributed by atoms with van der Waals surface area (Å²) in [6.07, 6.45) is 0. The van der Waals surface area contributed by atoms with Crippen molar-refractivity contribution in [2.24, 2.45) is 0 Å². The standard InChI is InChI=1S/C2H7NO.CH2Cl.Al.2H/c1-3-4-2;1-2;;;/h3H,1-2H3;1H2;;;. The van der Waals surface area contributed by atoms with Crippen molar-refractivity contribution >= 4 is 27.9 Å². The van der Waals surface area contributed by atoms with Gasteiger partial charge in [-0.15, -0.1) is 11.6 Å². The second-order valence-corrected chi connectivity index (χ2v) is 2.81. The summed E-state index contributed by atoms with van der Waals surface area (Å²) in [5, 5.41) is 0. The molecule has 0 aliphatic heterocycles. The molecule has 44 valence electrons. The van der Waals surface area contributed by atoms with Crippen LogP contribution in [0.2, 0.25) is 0 Å². The molecule has 0 radical (unpaired) electrons. The van der Waals surface area contributed by atoms with Gasteiger partial charge in [-0.2, -0.15) is 0 Å². The van der Waals surface area contributed by atoms with Crippen LogP contribution in [0.3, 0.4) is 0 Å². The van der Waals surface area contributed by atoms with E-state index < -0.39 is 0 Å². The topological polar surface area (TPSA) is 21.3 Å². The molecule has 4 heteroatoms. The van der Waals surface area contributed by atoms with Crippen molar-refractivity contribution in [3.63, 3.8) is 0 Å². The van der Waals surface area contributed by atoms with Crippen LogP contribution < -0.4 is 5.48 Å². The highest BCUT2D eigenvalue weighted by Crippen LogP contribution is 1.52. The zero-order valence-electron chi connectivity index (χ0n) is 4.99. The van der Waals surface area contributed by atoms with E-state index in [0.29, 0.717) is 0 Å². The summed E-state index contributed by atoms with van der Waals surface area (Å²) in [6.45, 7) is 0. The van der Waals surface area contributed by atoms with Crippen LogP contribution in [0.1, 0.15) is 0 Å². The Morgan fingerprint density at radius 2 is 2.00 bits per heavy atom. The van der Waals surface area contributed by atoms with Gasteiger partial charge < -0.3 is 4.84 Å². The zero-order chi connectivity index (χ0) is 6.12. The molecule has 0 bridgehead atoms. The first-order valence-electron chi connectivity index (χ1n) is 2.09. The van der Waals surface area contributed by atoms with Crippen LogP contribution in [-0.2, 0) is 4.84 Å². The molecule has 7 heavy (non-hydrogen) atoms. The van der Waals surface area contributed by atoms with Crippen LogP contribution in [0.5, 0.6) is 0 Å². The molecular formula is C3H11AlClNO. The SMILES string of the molecule is CNOC.[AlH2][CH2]Cl. The quantitative estimate of drug-likeness (QED) is 0.303. The van der Waals surface area contributed by atoms with Crippen molar-refractivity contribution in [2.75, 3.05) is 18.9 Å². The summed E-state index contributed by atoms with van der Waals surface area (Å²) < 4.78 is 0.861. The largest absolute Gasteiger partial charge is 0.305 e. The first-order valence-corrected chi connectivity index (χ1v) is 4.04. The molecule has 0 aliphatic carbocycles. The fraction of sp³-hybridized carbons (Fsp3) is 1.00. The maximum Gasteiger partial charge on any atom is 0.235 e. The van der Waals surface area contributed by atoms with Crippen LogP contribution in [-0.4, -0.2) is 35.2 Å². The second kappa shape index (κ2) is 15.9. The van der Waals surface area contributed by atoms with E-state index >= 15 is 0 Å². The van der Waals surface area contributed by atoms with Gasteiger partial charge in [-0.1, -0.05) is 0 Å². The maximum atomic E-state index is 5.06. The third-order valence-electron chi connectivity index (χ3n) is 0.204. The van der Waals surface area contributed by atoms with E-state index in [1.807, 2.05) is 0 Å². The maximum absolute atomic E-state index is 5.06. The highest BCUT2D eigenvalue weighted by atomic mass is 35.5. The molecule has 1 N–H and O–H groups in total. The van der Waals surface area contributed by atoms with Gasteiger partial charge in [-0.3, -0.25) is 0 Å². The molecule has 0 aromatic carbocycles. The number of hydroxylamine groups is 1. The zero-order valence-corrected chi connectivity index (χ0v) is 7.75. The first-order chi connectivity index (χ1) is 3.33.